The van der Waals surface area contributed by atoms with Crippen molar-refractivity contribution >= 4 is 29.9 Å². The average molecular weight is 455 g/mol. The van der Waals surface area contributed by atoms with Gasteiger partial charge in [-0.15, -0.1) is 24.0 Å². The van der Waals surface area contributed by atoms with E-state index in [4.69, 9.17) is 9.47 Å². The molecule has 0 heterocycles. The topological polar surface area (TPSA) is 54.9 Å². The highest BCUT2D eigenvalue weighted by molar-refractivity contribution is 14.0. The minimum Gasteiger partial charge on any atom is -0.497 e. The molecular weight excluding hydrogens is 429 g/mol. The Morgan fingerprint density at radius 3 is 2.40 bits per heavy atom. The van der Waals surface area contributed by atoms with Gasteiger partial charge in [0.15, 0.2) is 5.96 Å². The molecule has 2 rings (SSSR count). The van der Waals surface area contributed by atoms with Crippen molar-refractivity contribution in [3.63, 3.8) is 0 Å². The number of ether oxygens (including phenoxy) is 2. The number of para-hydroxylation sites is 1. The summed E-state index contributed by atoms with van der Waals surface area (Å²) in [6.45, 7) is 2.07. The van der Waals surface area contributed by atoms with Crippen LogP contribution in [-0.2, 0) is 6.42 Å². The molecule has 0 unspecified atom stereocenters. The van der Waals surface area contributed by atoms with Crippen LogP contribution >= 0.6 is 24.0 Å². The molecule has 5 nitrogen and oxygen atoms in total. The number of hydrogen-bond donors (Lipinski definition) is 2. The van der Waals surface area contributed by atoms with Crippen LogP contribution in [0.2, 0.25) is 0 Å². The maximum absolute atomic E-state index is 5.64. The number of nitrogens with zero attached hydrogens (tertiary/aromatic N) is 1. The molecule has 0 fully saturated rings. The second-order valence-corrected chi connectivity index (χ2v) is 5.19. The molecule has 0 aliphatic heterocycles. The molecule has 6 heteroatoms. The lowest BCUT2D eigenvalue weighted by molar-refractivity contribution is 0.322. The minimum absolute atomic E-state index is 0. The second-order valence-electron chi connectivity index (χ2n) is 5.19. The van der Waals surface area contributed by atoms with Crippen LogP contribution in [0.1, 0.15) is 5.56 Å². The Balaban J connectivity index is 0.00000312. The summed E-state index contributed by atoms with van der Waals surface area (Å²) in [6, 6.07) is 17.9. The van der Waals surface area contributed by atoms with E-state index in [2.05, 4.69) is 21.7 Å². The second kappa shape index (κ2) is 12.4. The highest BCUT2D eigenvalue weighted by atomic mass is 127. The van der Waals surface area contributed by atoms with Crippen molar-refractivity contribution in [2.75, 3.05) is 33.9 Å². The molecule has 0 amide bonds. The van der Waals surface area contributed by atoms with Crippen LogP contribution in [-0.4, -0.2) is 39.8 Å². The van der Waals surface area contributed by atoms with Gasteiger partial charge in [-0.2, -0.15) is 0 Å². The van der Waals surface area contributed by atoms with Gasteiger partial charge in [-0.3, -0.25) is 4.99 Å². The first kappa shape index (κ1) is 21.1. The molecule has 136 valence electrons. The molecule has 2 aromatic rings. The van der Waals surface area contributed by atoms with Crippen LogP contribution in [0.5, 0.6) is 11.5 Å². The lowest BCUT2D eigenvalue weighted by atomic mass is 10.1. The SMILES string of the molecule is CN=C(NCCOc1ccccc1)NCCc1cccc(OC)c1.I. The van der Waals surface area contributed by atoms with Crippen LogP contribution in [0.4, 0.5) is 0 Å². The number of rotatable bonds is 8. The number of guanidine groups is 1. The third kappa shape index (κ3) is 8.11. The summed E-state index contributed by atoms with van der Waals surface area (Å²) in [4.78, 5) is 4.21. The fraction of sp³-hybridized carbons (Fsp3) is 0.316. The zero-order valence-electron chi connectivity index (χ0n) is 14.7. The quantitative estimate of drug-likeness (QED) is 0.278. The first-order chi connectivity index (χ1) is 11.8. The molecule has 2 N–H and O–H groups in total. The summed E-state index contributed by atoms with van der Waals surface area (Å²) in [5.41, 5.74) is 1.23. The van der Waals surface area contributed by atoms with Gasteiger partial charge < -0.3 is 20.1 Å². The van der Waals surface area contributed by atoms with Gasteiger partial charge in [0.2, 0.25) is 0 Å². The van der Waals surface area contributed by atoms with Crippen molar-refractivity contribution in [2.24, 2.45) is 4.99 Å². The third-order valence-electron chi connectivity index (χ3n) is 3.47. The smallest absolute Gasteiger partial charge is 0.191 e. The summed E-state index contributed by atoms with van der Waals surface area (Å²) >= 11 is 0. The number of hydrogen-bond acceptors (Lipinski definition) is 3. The predicted molar refractivity (Wildman–Crippen MR) is 113 cm³/mol. The van der Waals surface area contributed by atoms with Gasteiger partial charge in [0.1, 0.15) is 18.1 Å². The molecule has 0 saturated heterocycles. The monoisotopic (exact) mass is 455 g/mol. The van der Waals surface area contributed by atoms with Crippen molar-refractivity contribution in [3.8, 4) is 11.5 Å². The molecular formula is C19H26IN3O2. The average Bonchev–Trinajstić information content (AvgIpc) is 2.64. The van der Waals surface area contributed by atoms with Gasteiger partial charge in [-0.1, -0.05) is 30.3 Å². The molecule has 0 aliphatic carbocycles. The van der Waals surface area contributed by atoms with Crippen molar-refractivity contribution in [1.29, 1.82) is 0 Å². The van der Waals surface area contributed by atoms with Gasteiger partial charge in [0.25, 0.3) is 0 Å². The summed E-state index contributed by atoms with van der Waals surface area (Å²) in [5, 5.41) is 6.53. The zero-order valence-corrected chi connectivity index (χ0v) is 17.0. The largest absolute Gasteiger partial charge is 0.497 e. The molecule has 0 aliphatic rings. The van der Waals surface area contributed by atoms with E-state index in [9.17, 15) is 0 Å². The van der Waals surface area contributed by atoms with E-state index in [0.717, 1.165) is 30.4 Å². The molecule has 0 radical (unpaired) electrons. The first-order valence-corrected chi connectivity index (χ1v) is 8.07. The molecule has 0 atom stereocenters. The maximum atomic E-state index is 5.64. The standard InChI is InChI=1S/C19H25N3O2.HI/c1-20-19(22-13-14-24-17-8-4-3-5-9-17)21-12-11-16-7-6-10-18(15-16)23-2;/h3-10,15H,11-14H2,1-2H3,(H2,20,21,22);1H. The highest BCUT2D eigenvalue weighted by Gasteiger charge is 1.99. The predicted octanol–water partition coefficient (Wildman–Crippen LogP) is 3.10. The van der Waals surface area contributed by atoms with Crippen LogP contribution in [0, 0.1) is 0 Å². The number of methoxy groups -OCH3 is 1. The van der Waals surface area contributed by atoms with Crippen molar-refractivity contribution in [1.82, 2.24) is 10.6 Å². The number of benzene rings is 2. The van der Waals surface area contributed by atoms with Gasteiger partial charge in [0.05, 0.1) is 13.7 Å². The maximum Gasteiger partial charge on any atom is 0.191 e. The van der Waals surface area contributed by atoms with Crippen molar-refractivity contribution in [3.05, 3.63) is 60.2 Å². The first-order valence-electron chi connectivity index (χ1n) is 8.07. The molecule has 2 aromatic carbocycles. The Labute approximate surface area is 166 Å². The minimum atomic E-state index is 0. The van der Waals surface area contributed by atoms with Crippen molar-refractivity contribution < 1.29 is 9.47 Å². The molecule has 0 spiro atoms. The molecule has 25 heavy (non-hydrogen) atoms. The lowest BCUT2D eigenvalue weighted by Crippen LogP contribution is -2.40. The number of halogens is 1. The Morgan fingerprint density at radius 1 is 0.960 bits per heavy atom. The van der Waals surface area contributed by atoms with Crippen LogP contribution in [0.25, 0.3) is 0 Å². The fourth-order valence-electron chi connectivity index (χ4n) is 2.23. The summed E-state index contributed by atoms with van der Waals surface area (Å²) in [7, 11) is 3.44. The van der Waals surface area contributed by atoms with Crippen LogP contribution in [0.15, 0.2) is 59.6 Å². The Hall–Kier alpha value is -1.96. The van der Waals surface area contributed by atoms with Crippen LogP contribution < -0.4 is 20.1 Å². The van der Waals surface area contributed by atoms with E-state index < -0.39 is 0 Å². The van der Waals surface area contributed by atoms with Gasteiger partial charge >= 0.3 is 0 Å². The normalized spacial score (nSPS) is 10.6. The summed E-state index contributed by atoms with van der Waals surface area (Å²) in [5.74, 6) is 2.53. The number of aliphatic imine (C=N–C) groups is 1. The van der Waals surface area contributed by atoms with Gasteiger partial charge in [-0.05, 0) is 36.2 Å². The summed E-state index contributed by atoms with van der Waals surface area (Å²) < 4.78 is 10.9. The fourth-order valence-corrected chi connectivity index (χ4v) is 2.23. The van der Waals surface area contributed by atoms with E-state index in [-0.39, 0.29) is 24.0 Å². The van der Waals surface area contributed by atoms with E-state index in [1.54, 1.807) is 14.2 Å². The highest BCUT2D eigenvalue weighted by Crippen LogP contribution is 2.12. The third-order valence-corrected chi connectivity index (χ3v) is 3.47. The molecule has 0 bridgehead atoms. The summed E-state index contributed by atoms with van der Waals surface area (Å²) in [6.07, 6.45) is 0.901. The van der Waals surface area contributed by atoms with E-state index in [1.807, 2.05) is 48.5 Å². The molecule has 0 aromatic heterocycles. The van der Waals surface area contributed by atoms with E-state index >= 15 is 0 Å². The van der Waals surface area contributed by atoms with E-state index in [1.165, 1.54) is 5.56 Å². The van der Waals surface area contributed by atoms with Crippen molar-refractivity contribution in [2.45, 2.75) is 6.42 Å². The lowest BCUT2D eigenvalue weighted by Gasteiger charge is -2.12. The Morgan fingerprint density at radius 2 is 1.68 bits per heavy atom. The van der Waals surface area contributed by atoms with E-state index in [0.29, 0.717) is 13.2 Å². The number of nitrogens with one attached hydrogen (secondary N) is 2. The van der Waals surface area contributed by atoms with Gasteiger partial charge in [0, 0.05) is 13.6 Å². The van der Waals surface area contributed by atoms with Gasteiger partial charge in [-0.25, -0.2) is 0 Å². The van der Waals surface area contributed by atoms with Crippen LogP contribution in [0.3, 0.4) is 0 Å². The molecule has 0 saturated carbocycles. The Kier molecular flexibility index (Phi) is 10.5. The zero-order chi connectivity index (χ0) is 17.0. The Bertz CT molecular complexity index is 636.